The van der Waals surface area contributed by atoms with E-state index in [2.05, 4.69) is 15.3 Å². The lowest BCUT2D eigenvalue weighted by molar-refractivity contribution is -0.133. The van der Waals surface area contributed by atoms with Gasteiger partial charge in [-0.2, -0.15) is 0 Å². The summed E-state index contributed by atoms with van der Waals surface area (Å²) in [6.07, 6.45) is 7.64. The summed E-state index contributed by atoms with van der Waals surface area (Å²) in [6, 6.07) is 2.43. The molecule has 1 aromatic rings. The minimum atomic E-state index is 0.352. The molecule has 0 aromatic carbocycles. The van der Waals surface area contributed by atoms with Crippen LogP contribution in [0.5, 0.6) is 0 Å². The Labute approximate surface area is 113 Å². The number of aromatic nitrogens is 2. The van der Waals surface area contributed by atoms with Crippen LogP contribution in [0.2, 0.25) is 0 Å². The van der Waals surface area contributed by atoms with Gasteiger partial charge in [-0.25, -0.2) is 9.97 Å². The minimum absolute atomic E-state index is 0.352. The molecule has 19 heavy (non-hydrogen) atoms. The number of rotatable bonds is 4. The van der Waals surface area contributed by atoms with Gasteiger partial charge >= 0.3 is 0 Å². The monoisotopic (exact) mass is 260 g/mol. The summed E-state index contributed by atoms with van der Waals surface area (Å²) in [5.41, 5.74) is 1.02. The first-order valence-corrected chi connectivity index (χ1v) is 7.10. The van der Waals surface area contributed by atoms with Crippen LogP contribution < -0.4 is 5.32 Å². The minimum Gasteiger partial charge on any atom is -0.342 e. The van der Waals surface area contributed by atoms with Crippen molar-refractivity contribution < 1.29 is 4.79 Å². The molecule has 0 bridgehead atoms. The number of hydrogen-bond donors (Lipinski definition) is 1. The van der Waals surface area contributed by atoms with E-state index in [1.54, 1.807) is 12.5 Å². The van der Waals surface area contributed by atoms with E-state index in [1.165, 1.54) is 0 Å². The Balaban J connectivity index is 1.41. The van der Waals surface area contributed by atoms with Gasteiger partial charge in [-0.3, -0.25) is 4.79 Å². The van der Waals surface area contributed by atoms with Crippen molar-refractivity contribution in [2.24, 2.45) is 5.92 Å². The second kappa shape index (κ2) is 5.65. The Morgan fingerprint density at radius 1 is 1.32 bits per heavy atom. The van der Waals surface area contributed by atoms with Crippen molar-refractivity contribution in [2.75, 3.05) is 13.1 Å². The smallest absolute Gasteiger partial charge is 0.225 e. The van der Waals surface area contributed by atoms with Gasteiger partial charge in [0.2, 0.25) is 5.91 Å². The summed E-state index contributed by atoms with van der Waals surface area (Å²) in [4.78, 5) is 22.1. The van der Waals surface area contributed by atoms with Crippen LogP contribution in [-0.4, -0.2) is 39.9 Å². The van der Waals surface area contributed by atoms with E-state index in [1.807, 2.05) is 11.0 Å². The normalized spacial score (nSPS) is 20.5. The Bertz CT molecular complexity index is 424. The molecule has 3 rings (SSSR count). The molecular formula is C14H20N4O. The Kier molecular flexibility index (Phi) is 3.73. The highest BCUT2D eigenvalue weighted by Gasteiger charge is 2.34. The molecule has 2 fully saturated rings. The second-order valence-corrected chi connectivity index (χ2v) is 5.46. The van der Waals surface area contributed by atoms with Crippen molar-refractivity contribution in [1.82, 2.24) is 20.2 Å². The van der Waals surface area contributed by atoms with Gasteiger partial charge in [0.05, 0.1) is 5.69 Å². The fourth-order valence-electron chi connectivity index (χ4n) is 2.56. The number of nitrogens with one attached hydrogen (secondary N) is 1. The number of carbonyl (C=O) groups is 1. The lowest BCUT2D eigenvalue weighted by Crippen LogP contribution is -2.45. The molecule has 1 aromatic heterocycles. The number of carbonyl (C=O) groups excluding carboxylic acids is 1. The van der Waals surface area contributed by atoms with Crippen LogP contribution >= 0.6 is 0 Å². The molecule has 102 valence electrons. The summed E-state index contributed by atoms with van der Waals surface area (Å²) >= 11 is 0. The molecule has 1 amide bonds. The van der Waals surface area contributed by atoms with E-state index < -0.39 is 0 Å². The molecule has 5 heteroatoms. The third-order valence-corrected chi connectivity index (χ3v) is 3.95. The van der Waals surface area contributed by atoms with Gasteiger partial charge in [-0.1, -0.05) is 0 Å². The average molecular weight is 260 g/mol. The fraction of sp³-hybridized carbons (Fsp3) is 0.643. The van der Waals surface area contributed by atoms with Gasteiger partial charge in [0.1, 0.15) is 6.33 Å². The Morgan fingerprint density at radius 2 is 2.11 bits per heavy atom. The second-order valence-electron chi connectivity index (χ2n) is 5.46. The van der Waals surface area contributed by atoms with Crippen molar-refractivity contribution in [3.63, 3.8) is 0 Å². The predicted octanol–water partition coefficient (Wildman–Crippen LogP) is 0.967. The molecule has 5 nitrogen and oxygen atoms in total. The van der Waals surface area contributed by atoms with Crippen molar-refractivity contribution in [2.45, 2.75) is 38.3 Å². The summed E-state index contributed by atoms with van der Waals surface area (Å²) in [5, 5.41) is 3.51. The van der Waals surface area contributed by atoms with Crippen molar-refractivity contribution in [3.8, 4) is 0 Å². The predicted molar refractivity (Wildman–Crippen MR) is 71.2 cm³/mol. The summed E-state index contributed by atoms with van der Waals surface area (Å²) in [6.45, 7) is 2.58. The first-order valence-electron chi connectivity index (χ1n) is 7.10. The molecule has 0 unspecified atom stereocenters. The maximum Gasteiger partial charge on any atom is 0.225 e. The van der Waals surface area contributed by atoms with E-state index in [4.69, 9.17) is 0 Å². The number of nitrogens with zero attached hydrogens (tertiary/aromatic N) is 3. The summed E-state index contributed by atoms with van der Waals surface area (Å²) in [5.74, 6) is 0.736. The average Bonchev–Trinajstić information content (AvgIpc) is 3.31. The molecule has 2 heterocycles. The third-order valence-electron chi connectivity index (χ3n) is 3.95. The fourth-order valence-corrected chi connectivity index (χ4v) is 2.56. The SMILES string of the molecule is O=C(C1CC1)N1CCC(NCc2ccncn2)CC1. The van der Waals surface area contributed by atoms with E-state index in [-0.39, 0.29) is 0 Å². The van der Waals surface area contributed by atoms with Crippen LogP contribution in [-0.2, 0) is 11.3 Å². The van der Waals surface area contributed by atoms with E-state index in [0.717, 1.165) is 51.0 Å². The van der Waals surface area contributed by atoms with Gasteiger partial charge in [-0.05, 0) is 31.7 Å². The largest absolute Gasteiger partial charge is 0.342 e. The third kappa shape index (κ3) is 3.29. The molecular weight excluding hydrogens is 240 g/mol. The Morgan fingerprint density at radius 3 is 2.74 bits per heavy atom. The van der Waals surface area contributed by atoms with Crippen LogP contribution in [0.3, 0.4) is 0 Å². The lowest BCUT2D eigenvalue weighted by Gasteiger charge is -2.32. The standard InChI is InChI=1S/C14H20N4O/c19-14(11-1-2-11)18-7-4-12(5-8-18)16-9-13-3-6-15-10-17-13/h3,6,10-12,16H,1-2,4-5,7-9H2. The zero-order valence-electron chi connectivity index (χ0n) is 11.1. The van der Waals surface area contributed by atoms with Gasteiger partial charge in [0.15, 0.2) is 0 Å². The number of amides is 1. The van der Waals surface area contributed by atoms with Crippen molar-refractivity contribution in [3.05, 3.63) is 24.3 Å². The summed E-state index contributed by atoms with van der Waals surface area (Å²) in [7, 11) is 0. The molecule has 1 N–H and O–H groups in total. The van der Waals surface area contributed by atoms with Crippen LogP contribution in [0.1, 0.15) is 31.4 Å². The lowest BCUT2D eigenvalue weighted by atomic mass is 10.0. The van der Waals surface area contributed by atoms with Crippen LogP contribution in [0.15, 0.2) is 18.6 Å². The molecule has 0 atom stereocenters. The molecule has 1 saturated heterocycles. The van der Waals surface area contributed by atoms with Crippen LogP contribution in [0, 0.1) is 5.92 Å². The Hall–Kier alpha value is -1.49. The summed E-state index contributed by atoms with van der Waals surface area (Å²) < 4.78 is 0. The highest BCUT2D eigenvalue weighted by molar-refractivity contribution is 5.81. The van der Waals surface area contributed by atoms with Gasteiger partial charge in [0, 0.05) is 37.8 Å². The number of likely N-dealkylation sites (tertiary alicyclic amines) is 1. The zero-order chi connectivity index (χ0) is 13.1. The van der Waals surface area contributed by atoms with E-state index in [0.29, 0.717) is 17.9 Å². The van der Waals surface area contributed by atoms with E-state index in [9.17, 15) is 4.79 Å². The molecule has 1 saturated carbocycles. The molecule has 0 spiro atoms. The highest BCUT2D eigenvalue weighted by Crippen LogP contribution is 2.31. The number of hydrogen-bond acceptors (Lipinski definition) is 4. The first-order chi connectivity index (χ1) is 9.33. The van der Waals surface area contributed by atoms with Crippen molar-refractivity contribution in [1.29, 1.82) is 0 Å². The van der Waals surface area contributed by atoms with E-state index >= 15 is 0 Å². The maximum absolute atomic E-state index is 11.9. The van der Waals surface area contributed by atoms with Crippen LogP contribution in [0.4, 0.5) is 0 Å². The maximum atomic E-state index is 11.9. The molecule has 2 aliphatic rings. The molecule has 1 aliphatic carbocycles. The number of piperidine rings is 1. The topological polar surface area (TPSA) is 58.1 Å². The highest BCUT2D eigenvalue weighted by atomic mass is 16.2. The van der Waals surface area contributed by atoms with Crippen LogP contribution in [0.25, 0.3) is 0 Å². The van der Waals surface area contributed by atoms with Gasteiger partial charge in [0.25, 0.3) is 0 Å². The molecule has 1 aliphatic heterocycles. The molecule has 0 radical (unpaired) electrons. The van der Waals surface area contributed by atoms with Gasteiger partial charge < -0.3 is 10.2 Å². The first kappa shape index (κ1) is 12.5. The van der Waals surface area contributed by atoms with Gasteiger partial charge in [-0.15, -0.1) is 0 Å². The quantitative estimate of drug-likeness (QED) is 0.876. The van der Waals surface area contributed by atoms with Crippen molar-refractivity contribution >= 4 is 5.91 Å². The zero-order valence-corrected chi connectivity index (χ0v) is 11.1.